The summed E-state index contributed by atoms with van der Waals surface area (Å²) < 4.78 is 0. The fourth-order valence-corrected chi connectivity index (χ4v) is 7.39. The highest BCUT2D eigenvalue weighted by molar-refractivity contribution is 6.25. The second-order valence-electron chi connectivity index (χ2n) is 13.0. The molecule has 0 spiro atoms. The van der Waals surface area contributed by atoms with E-state index in [2.05, 4.69) is 38.1 Å². The molecule has 4 aromatic carbocycles. The van der Waals surface area contributed by atoms with Crippen LogP contribution in [0.25, 0.3) is 32.3 Å². The normalized spacial score (nSPS) is 13.2. The zero-order valence-electron chi connectivity index (χ0n) is 27.2. The Morgan fingerprint density at radius 3 is 1.18 bits per heavy atom. The first kappa shape index (κ1) is 33.7. The van der Waals surface area contributed by atoms with Crippen molar-refractivity contribution in [3.63, 3.8) is 0 Å². The van der Waals surface area contributed by atoms with E-state index >= 15 is 0 Å². The van der Waals surface area contributed by atoms with Crippen LogP contribution in [0.3, 0.4) is 0 Å². The molecule has 4 rings (SSSR count). The molecular formula is C40H54O4. The summed E-state index contributed by atoms with van der Waals surface area (Å²) in [5, 5.41) is 27.5. The number of unbranched alkanes of at least 4 members (excludes halogenated alkanes) is 14. The molecule has 0 fully saturated rings. The standard InChI is InChI=1S/C40H54O4/c1-3-5-7-9-11-13-15-17-23-33(39(41)42)37-31-25-19-21-29-27-28-30-22-20-26-32(36(30)35(29)31)38(37)34(40(43)44)24-18-16-14-12-10-8-6-4-2/h19-22,25-28,33-34H,3-18,23-24H2,1-2H3,(H,41,42)(H,43,44). The molecule has 238 valence electrons. The zero-order chi connectivity index (χ0) is 31.3. The Hall–Kier alpha value is -3.14. The van der Waals surface area contributed by atoms with E-state index in [0.29, 0.717) is 12.8 Å². The van der Waals surface area contributed by atoms with E-state index in [1.54, 1.807) is 0 Å². The maximum Gasteiger partial charge on any atom is 0.311 e. The highest BCUT2D eigenvalue weighted by Gasteiger charge is 2.33. The molecule has 0 saturated carbocycles. The molecule has 4 nitrogen and oxygen atoms in total. The van der Waals surface area contributed by atoms with Crippen molar-refractivity contribution in [2.75, 3.05) is 0 Å². The van der Waals surface area contributed by atoms with Crippen molar-refractivity contribution in [3.05, 3.63) is 59.7 Å². The molecule has 0 aliphatic rings. The maximum absolute atomic E-state index is 13.1. The van der Waals surface area contributed by atoms with Gasteiger partial charge in [-0.2, -0.15) is 0 Å². The first-order valence-corrected chi connectivity index (χ1v) is 17.6. The first-order chi connectivity index (χ1) is 21.5. The molecule has 0 bridgehead atoms. The van der Waals surface area contributed by atoms with Crippen LogP contribution in [0.4, 0.5) is 0 Å². The monoisotopic (exact) mass is 598 g/mol. The summed E-state index contributed by atoms with van der Waals surface area (Å²) in [6.45, 7) is 4.45. The van der Waals surface area contributed by atoms with Gasteiger partial charge in [-0.1, -0.05) is 165 Å². The average Bonchev–Trinajstić information content (AvgIpc) is 3.02. The van der Waals surface area contributed by atoms with Gasteiger partial charge in [0.1, 0.15) is 0 Å². The van der Waals surface area contributed by atoms with Crippen LogP contribution >= 0.6 is 0 Å². The Bertz CT molecular complexity index is 1360. The highest BCUT2D eigenvalue weighted by Crippen LogP contribution is 2.46. The third-order valence-corrected chi connectivity index (χ3v) is 9.74. The van der Waals surface area contributed by atoms with Crippen molar-refractivity contribution < 1.29 is 19.8 Å². The molecule has 0 amide bonds. The molecule has 0 aliphatic carbocycles. The predicted octanol–water partition coefficient (Wildman–Crippen LogP) is 12.0. The number of carboxylic acid groups (broad SMARTS) is 2. The van der Waals surface area contributed by atoms with Crippen molar-refractivity contribution in [2.24, 2.45) is 0 Å². The smallest absolute Gasteiger partial charge is 0.311 e. The molecule has 0 heterocycles. The average molecular weight is 599 g/mol. The summed E-state index contributed by atoms with van der Waals surface area (Å²) in [7, 11) is 0. The lowest BCUT2D eigenvalue weighted by Crippen LogP contribution is -2.20. The van der Waals surface area contributed by atoms with Gasteiger partial charge in [-0.15, -0.1) is 0 Å². The van der Waals surface area contributed by atoms with Gasteiger partial charge in [0.25, 0.3) is 0 Å². The minimum Gasteiger partial charge on any atom is -0.481 e. The number of hydrogen-bond acceptors (Lipinski definition) is 2. The van der Waals surface area contributed by atoms with E-state index in [4.69, 9.17) is 0 Å². The fourth-order valence-electron chi connectivity index (χ4n) is 7.39. The molecule has 2 N–H and O–H groups in total. The summed E-state index contributed by atoms with van der Waals surface area (Å²) in [6.07, 6.45) is 19.4. The second-order valence-corrected chi connectivity index (χ2v) is 13.0. The number of rotatable bonds is 22. The van der Waals surface area contributed by atoms with Crippen LogP contribution in [-0.2, 0) is 9.59 Å². The number of carboxylic acids is 2. The van der Waals surface area contributed by atoms with Gasteiger partial charge in [0.15, 0.2) is 0 Å². The molecule has 4 aromatic rings. The summed E-state index contributed by atoms with van der Waals surface area (Å²) >= 11 is 0. The van der Waals surface area contributed by atoms with Gasteiger partial charge in [0.05, 0.1) is 11.8 Å². The van der Waals surface area contributed by atoms with Crippen molar-refractivity contribution in [1.29, 1.82) is 0 Å². The molecule has 2 atom stereocenters. The molecule has 0 aliphatic heterocycles. The van der Waals surface area contributed by atoms with E-state index in [9.17, 15) is 19.8 Å². The SMILES string of the molecule is CCCCCCCCCCC(C(=O)O)c1c(C(CCCCCCCCCC)C(=O)O)c2cccc3ccc4cccc1c4c32. The largest absolute Gasteiger partial charge is 0.481 e. The van der Waals surface area contributed by atoms with Crippen LogP contribution in [0.15, 0.2) is 48.5 Å². The topological polar surface area (TPSA) is 74.6 Å². The minimum atomic E-state index is -0.847. The number of carbonyl (C=O) groups is 2. The van der Waals surface area contributed by atoms with Crippen LogP contribution in [0.5, 0.6) is 0 Å². The molecule has 2 unspecified atom stereocenters. The third kappa shape index (κ3) is 8.31. The first-order valence-electron chi connectivity index (χ1n) is 17.6. The number of hydrogen-bond donors (Lipinski definition) is 2. The Kier molecular flexibility index (Phi) is 13.3. The molecule has 44 heavy (non-hydrogen) atoms. The Labute approximate surface area is 264 Å². The van der Waals surface area contributed by atoms with Crippen molar-refractivity contribution >= 4 is 44.3 Å². The lowest BCUT2D eigenvalue weighted by atomic mass is 9.76. The Morgan fingerprint density at radius 2 is 0.841 bits per heavy atom. The predicted molar refractivity (Wildman–Crippen MR) is 185 cm³/mol. The van der Waals surface area contributed by atoms with Crippen LogP contribution in [-0.4, -0.2) is 22.2 Å². The summed E-state index contributed by atoms with van der Waals surface area (Å²) in [5.74, 6) is -3.17. The molecule has 0 radical (unpaired) electrons. The van der Waals surface area contributed by atoms with Gasteiger partial charge in [-0.05, 0) is 56.3 Å². The van der Waals surface area contributed by atoms with E-state index < -0.39 is 23.8 Å². The second kappa shape index (κ2) is 17.4. The van der Waals surface area contributed by atoms with Gasteiger partial charge in [-0.25, -0.2) is 0 Å². The quantitative estimate of drug-likeness (QED) is 0.0697. The molecule has 0 saturated heterocycles. The van der Waals surface area contributed by atoms with Gasteiger partial charge in [-0.3, -0.25) is 9.59 Å². The Balaban J connectivity index is 1.70. The highest BCUT2D eigenvalue weighted by atomic mass is 16.4. The number of benzene rings is 4. The van der Waals surface area contributed by atoms with Gasteiger partial charge in [0.2, 0.25) is 0 Å². The lowest BCUT2D eigenvalue weighted by molar-refractivity contribution is -0.140. The lowest BCUT2D eigenvalue weighted by Gasteiger charge is -2.27. The summed E-state index contributed by atoms with van der Waals surface area (Å²) in [4.78, 5) is 26.1. The third-order valence-electron chi connectivity index (χ3n) is 9.74. The van der Waals surface area contributed by atoms with Gasteiger partial charge < -0.3 is 10.2 Å². The van der Waals surface area contributed by atoms with E-state index in [1.807, 2.05) is 24.3 Å². The van der Waals surface area contributed by atoms with Crippen LogP contribution < -0.4 is 0 Å². The van der Waals surface area contributed by atoms with Crippen LogP contribution in [0.2, 0.25) is 0 Å². The van der Waals surface area contributed by atoms with Crippen LogP contribution in [0, 0.1) is 0 Å². The van der Waals surface area contributed by atoms with Gasteiger partial charge in [0, 0.05) is 0 Å². The van der Waals surface area contributed by atoms with E-state index in [-0.39, 0.29) is 0 Å². The zero-order valence-corrected chi connectivity index (χ0v) is 27.2. The fraction of sp³-hybridized carbons (Fsp3) is 0.550. The summed E-state index contributed by atoms with van der Waals surface area (Å²) in [6, 6.07) is 16.4. The molecule has 4 heteroatoms. The molecule has 0 aromatic heterocycles. The van der Waals surface area contributed by atoms with Crippen LogP contribution in [0.1, 0.15) is 152 Å². The maximum atomic E-state index is 13.1. The van der Waals surface area contributed by atoms with Gasteiger partial charge >= 0.3 is 11.9 Å². The van der Waals surface area contributed by atoms with Crippen molar-refractivity contribution in [1.82, 2.24) is 0 Å². The van der Waals surface area contributed by atoms with E-state index in [1.165, 1.54) is 64.2 Å². The number of aliphatic carboxylic acids is 2. The van der Waals surface area contributed by atoms with Crippen molar-refractivity contribution in [2.45, 2.75) is 141 Å². The Morgan fingerprint density at radius 1 is 0.500 bits per heavy atom. The van der Waals surface area contributed by atoms with Crippen molar-refractivity contribution in [3.8, 4) is 0 Å². The molecular weight excluding hydrogens is 544 g/mol. The summed E-state index contributed by atoms with van der Waals surface area (Å²) in [5.41, 5.74) is 1.48. The minimum absolute atomic E-state index is 0.530. The van der Waals surface area contributed by atoms with E-state index in [0.717, 1.165) is 82.0 Å².